The maximum absolute atomic E-state index is 12.9. The van der Waals surface area contributed by atoms with Crippen LogP contribution >= 0.6 is 11.3 Å². The number of hydrogen-bond donors (Lipinski definition) is 0. The van der Waals surface area contributed by atoms with Crippen molar-refractivity contribution in [2.24, 2.45) is 0 Å². The molecule has 8 heteroatoms. The number of carbonyl (C=O) groups excluding carboxylic acids is 1. The van der Waals surface area contributed by atoms with Crippen molar-refractivity contribution in [1.82, 2.24) is 15.0 Å². The summed E-state index contributed by atoms with van der Waals surface area (Å²) in [6.07, 6.45) is 1.48. The minimum absolute atomic E-state index is 0.216. The number of nitrogens with zero attached hydrogens (tertiary/aromatic N) is 4. The second-order valence-corrected chi connectivity index (χ2v) is 7.26. The Morgan fingerprint density at radius 1 is 1.31 bits per heavy atom. The third-order valence-electron chi connectivity index (χ3n) is 4.40. The summed E-state index contributed by atoms with van der Waals surface area (Å²) >= 11 is 1.52. The largest absolute Gasteiger partial charge is 0.379 e. The number of aromatic nitrogens is 2. The van der Waals surface area contributed by atoms with Gasteiger partial charge in [-0.3, -0.25) is 14.6 Å². The number of thiazole rings is 1. The lowest BCUT2D eigenvalue weighted by atomic mass is 10.2. The first-order valence-electron chi connectivity index (χ1n) is 8.60. The van der Waals surface area contributed by atoms with Crippen molar-refractivity contribution >= 4 is 32.6 Å². The minimum atomic E-state index is -0.216. The van der Waals surface area contributed by atoms with Gasteiger partial charge in [-0.1, -0.05) is 22.6 Å². The lowest BCUT2D eigenvalue weighted by molar-refractivity contribution is 0.0390. The summed E-state index contributed by atoms with van der Waals surface area (Å²) in [6.45, 7) is 6.57. The number of fused-ring (bicyclic) bond motifs is 1. The van der Waals surface area contributed by atoms with Gasteiger partial charge in [-0.25, -0.2) is 4.98 Å². The first-order valence-corrected chi connectivity index (χ1v) is 9.42. The molecule has 1 amide bonds. The summed E-state index contributed by atoms with van der Waals surface area (Å²) < 4.78 is 11.5. The molecular weight excluding hydrogens is 352 g/mol. The van der Waals surface area contributed by atoms with Gasteiger partial charge in [0.1, 0.15) is 0 Å². The number of carbonyl (C=O) groups is 1. The third kappa shape index (κ3) is 3.62. The van der Waals surface area contributed by atoms with Gasteiger partial charge >= 0.3 is 0 Å². The SMILES string of the molecule is Cc1ccc2nc(N(CCN3CCOCC3)C(=O)c3ccno3)sc2c1. The van der Waals surface area contributed by atoms with Crippen LogP contribution in [0.25, 0.3) is 10.2 Å². The molecule has 1 aromatic carbocycles. The molecule has 136 valence electrons. The van der Waals surface area contributed by atoms with Gasteiger partial charge in [0.05, 0.1) is 29.6 Å². The van der Waals surface area contributed by atoms with E-state index in [1.807, 2.05) is 12.1 Å². The van der Waals surface area contributed by atoms with Crippen LogP contribution < -0.4 is 4.90 Å². The Labute approximate surface area is 155 Å². The second kappa shape index (κ2) is 7.53. The van der Waals surface area contributed by atoms with Crippen LogP contribution in [0.5, 0.6) is 0 Å². The Balaban J connectivity index is 1.60. The number of hydrogen-bond acceptors (Lipinski definition) is 7. The molecule has 0 saturated carbocycles. The van der Waals surface area contributed by atoms with Crippen molar-refractivity contribution in [2.45, 2.75) is 6.92 Å². The average molecular weight is 372 g/mol. The van der Waals surface area contributed by atoms with E-state index in [0.717, 1.165) is 43.1 Å². The Kier molecular flexibility index (Phi) is 4.96. The second-order valence-electron chi connectivity index (χ2n) is 6.26. The highest BCUT2D eigenvalue weighted by atomic mass is 32.1. The fraction of sp³-hybridized carbons (Fsp3) is 0.389. The minimum Gasteiger partial charge on any atom is -0.379 e. The van der Waals surface area contributed by atoms with Gasteiger partial charge in [0, 0.05) is 32.2 Å². The Hall–Kier alpha value is -2.29. The number of aryl methyl sites for hydroxylation is 1. The zero-order valence-corrected chi connectivity index (χ0v) is 15.4. The maximum Gasteiger partial charge on any atom is 0.298 e. The van der Waals surface area contributed by atoms with Gasteiger partial charge in [0.15, 0.2) is 5.13 Å². The van der Waals surface area contributed by atoms with Gasteiger partial charge in [-0.15, -0.1) is 0 Å². The normalized spacial score (nSPS) is 15.4. The quantitative estimate of drug-likeness (QED) is 0.685. The van der Waals surface area contributed by atoms with Crippen LogP contribution in [-0.2, 0) is 4.74 Å². The van der Waals surface area contributed by atoms with Crippen LogP contribution in [0.15, 0.2) is 35.0 Å². The van der Waals surface area contributed by atoms with Crippen molar-refractivity contribution in [1.29, 1.82) is 0 Å². The summed E-state index contributed by atoms with van der Waals surface area (Å²) in [5.74, 6) is 0.00829. The van der Waals surface area contributed by atoms with Crippen LogP contribution in [0.4, 0.5) is 5.13 Å². The topological polar surface area (TPSA) is 71.7 Å². The standard InChI is InChI=1S/C18H20N4O3S/c1-13-2-3-14-16(12-13)26-18(20-14)22(17(23)15-4-5-19-25-15)7-6-21-8-10-24-11-9-21/h2-5,12H,6-11H2,1H3. The molecule has 26 heavy (non-hydrogen) atoms. The molecule has 7 nitrogen and oxygen atoms in total. The molecule has 3 aromatic rings. The van der Waals surface area contributed by atoms with Crippen molar-refractivity contribution in [3.63, 3.8) is 0 Å². The molecule has 0 atom stereocenters. The van der Waals surface area contributed by atoms with Gasteiger partial charge in [0.25, 0.3) is 5.91 Å². The summed E-state index contributed by atoms with van der Waals surface area (Å²) in [4.78, 5) is 21.6. The van der Waals surface area contributed by atoms with Crippen LogP contribution in [0.3, 0.4) is 0 Å². The molecule has 4 rings (SSSR count). The van der Waals surface area contributed by atoms with E-state index in [4.69, 9.17) is 9.26 Å². The Bertz CT molecular complexity index is 887. The zero-order chi connectivity index (χ0) is 17.9. The molecular formula is C18H20N4O3S. The van der Waals surface area contributed by atoms with Gasteiger partial charge in [-0.2, -0.15) is 0 Å². The Morgan fingerprint density at radius 2 is 2.15 bits per heavy atom. The van der Waals surface area contributed by atoms with Crippen LogP contribution in [0, 0.1) is 6.92 Å². The van der Waals surface area contributed by atoms with E-state index in [1.165, 1.54) is 23.1 Å². The highest BCUT2D eigenvalue weighted by Gasteiger charge is 2.25. The molecule has 2 aromatic heterocycles. The van der Waals surface area contributed by atoms with Gasteiger partial charge < -0.3 is 9.26 Å². The highest BCUT2D eigenvalue weighted by molar-refractivity contribution is 7.22. The molecule has 0 bridgehead atoms. The number of benzene rings is 1. The lowest BCUT2D eigenvalue weighted by Gasteiger charge is -2.28. The van der Waals surface area contributed by atoms with E-state index in [2.05, 4.69) is 28.0 Å². The van der Waals surface area contributed by atoms with Crippen molar-refractivity contribution < 1.29 is 14.1 Å². The summed E-state index contributed by atoms with van der Waals surface area (Å²) in [5.41, 5.74) is 2.08. The summed E-state index contributed by atoms with van der Waals surface area (Å²) in [5, 5.41) is 4.34. The van der Waals surface area contributed by atoms with E-state index in [-0.39, 0.29) is 11.7 Å². The predicted octanol–water partition coefficient (Wildman–Crippen LogP) is 2.57. The number of ether oxygens (including phenoxy) is 1. The van der Waals surface area contributed by atoms with E-state index in [9.17, 15) is 4.79 Å². The van der Waals surface area contributed by atoms with E-state index in [0.29, 0.717) is 11.7 Å². The molecule has 0 N–H and O–H groups in total. The van der Waals surface area contributed by atoms with Crippen molar-refractivity contribution in [2.75, 3.05) is 44.3 Å². The number of anilines is 1. The number of rotatable bonds is 5. The first-order chi connectivity index (χ1) is 12.7. The average Bonchev–Trinajstić information content (AvgIpc) is 3.32. The smallest absolute Gasteiger partial charge is 0.298 e. The molecule has 3 heterocycles. The summed E-state index contributed by atoms with van der Waals surface area (Å²) in [6, 6.07) is 7.70. The molecule has 1 aliphatic heterocycles. The number of amides is 1. The molecule has 0 radical (unpaired) electrons. The van der Waals surface area contributed by atoms with Crippen LogP contribution in [0.2, 0.25) is 0 Å². The Morgan fingerprint density at radius 3 is 2.92 bits per heavy atom. The van der Waals surface area contributed by atoms with Gasteiger partial charge in [0.2, 0.25) is 5.76 Å². The van der Waals surface area contributed by atoms with Crippen LogP contribution in [0.1, 0.15) is 16.1 Å². The molecule has 0 aliphatic carbocycles. The van der Waals surface area contributed by atoms with Crippen LogP contribution in [-0.4, -0.2) is 60.3 Å². The number of morpholine rings is 1. The predicted molar refractivity (Wildman–Crippen MR) is 99.8 cm³/mol. The fourth-order valence-electron chi connectivity index (χ4n) is 2.94. The molecule has 1 saturated heterocycles. The van der Waals surface area contributed by atoms with Crippen molar-refractivity contribution in [3.8, 4) is 0 Å². The molecule has 0 unspecified atom stereocenters. The lowest BCUT2D eigenvalue weighted by Crippen LogP contribution is -2.43. The molecule has 0 spiro atoms. The van der Waals surface area contributed by atoms with E-state index < -0.39 is 0 Å². The van der Waals surface area contributed by atoms with Gasteiger partial charge in [-0.05, 0) is 24.6 Å². The molecule has 1 aliphatic rings. The maximum atomic E-state index is 12.9. The third-order valence-corrected chi connectivity index (χ3v) is 5.44. The summed E-state index contributed by atoms with van der Waals surface area (Å²) in [7, 11) is 0. The first kappa shape index (κ1) is 17.1. The van der Waals surface area contributed by atoms with E-state index in [1.54, 1.807) is 11.0 Å². The molecule has 1 fully saturated rings. The van der Waals surface area contributed by atoms with E-state index >= 15 is 0 Å². The fourth-order valence-corrected chi connectivity index (χ4v) is 4.03. The zero-order valence-electron chi connectivity index (χ0n) is 14.6. The monoisotopic (exact) mass is 372 g/mol. The highest BCUT2D eigenvalue weighted by Crippen LogP contribution is 2.30. The van der Waals surface area contributed by atoms with Crippen molar-refractivity contribution in [3.05, 3.63) is 41.8 Å².